The molecule has 3 rings (SSSR count). The molecule has 3 aromatic rings. The van der Waals surface area contributed by atoms with Crippen molar-refractivity contribution in [2.24, 2.45) is 0 Å². The van der Waals surface area contributed by atoms with E-state index in [1.165, 1.54) is 6.07 Å². The van der Waals surface area contributed by atoms with Crippen LogP contribution >= 0.6 is 0 Å². The van der Waals surface area contributed by atoms with Gasteiger partial charge in [0.15, 0.2) is 0 Å². The van der Waals surface area contributed by atoms with Crippen LogP contribution in [-0.4, -0.2) is 34.3 Å². The Labute approximate surface area is 138 Å². The van der Waals surface area contributed by atoms with Crippen LogP contribution < -0.4 is 0 Å². The molecule has 2 aromatic carbocycles. The lowest BCUT2D eigenvalue weighted by Crippen LogP contribution is -2.29. The van der Waals surface area contributed by atoms with Gasteiger partial charge in [0.1, 0.15) is 5.69 Å². The lowest BCUT2D eigenvalue weighted by Gasteiger charge is -2.16. The number of nitrogens with one attached hydrogen (secondary N) is 1. The third-order valence-corrected chi connectivity index (χ3v) is 3.96. The van der Waals surface area contributed by atoms with Crippen LogP contribution in [0.15, 0.2) is 54.6 Å². The minimum atomic E-state index is -0.414. The zero-order chi connectivity index (χ0) is 17.1. The molecule has 0 aliphatic carbocycles. The van der Waals surface area contributed by atoms with Crippen LogP contribution in [-0.2, 0) is 6.42 Å². The van der Waals surface area contributed by atoms with E-state index in [2.05, 4.69) is 4.98 Å². The van der Waals surface area contributed by atoms with Gasteiger partial charge < -0.3 is 9.88 Å². The smallest absolute Gasteiger partial charge is 0.270 e. The number of hydrogen-bond donors (Lipinski definition) is 1. The van der Waals surface area contributed by atoms with E-state index in [1.54, 1.807) is 24.1 Å². The second-order valence-corrected chi connectivity index (χ2v) is 5.67. The largest absolute Gasteiger partial charge is 0.351 e. The lowest BCUT2D eigenvalue weighted by atomic mass is 10.1. The summed E-state index contributed by atoms with van der Waals surface area (Å²) < 4.78 is 0. The fraction of sp³-hybridized carbons (Fsp3) is 0.167. The van der Waals surface area contributed by atoms with Crippen molar-refractivity contribution in [2.75, 3.05) is 13.6 Å². The van der Waals surface area contributed by atoms with E-state index in [1.807, 2.05) is 36.4 Å². The van der Waals surface area contributed by atoms with Gasteiger partial charge in [-0.05, 0) is 24.1 Å². The Balaban J connectivity index is 1.68. The quantitative estimate of drug-likeness (QED) is 0.577. The second-order valence-electron chi connectivity index (χ2n) is 5.67. The van der Waals surface area contributed by atoms with Gasteiger partial charge in [-0.3, -0.25) is 14.9 Å². The molecule has 1 N–H and O–H groups in total. The van der Waals surface area contributed by atoms with Gasteiger partial charge in [-0.2, -0.15) is 0 Å². The van der Waals surface area contributed by atoms with Crippen molar-refractivity contribution in [3.8, 4) is 0 Å². The molecule has 0 saturated heterocycles. The summed E-state index contributed by atoms with van der Waals surface area (Å²) in [5.74, 6) is -0.100. The van der Waals surface area contributed by atoms with Crippen LogP contribution in [0.25, 0.3) is 10.9 Å². The van der Waals surface area contributed by atoms with Gasteiger partial charge in [-0.1, -0.05) is 30.3 Å². The van der Waals surface area contributed by atoms with E-state index in [0.717, 1.165) is 16.5 Å². The number of nitrogens with zero attached hydrogens (tertiary/aromatic N) is 2. The van der Waals surface area contributed by atoms with E-state index >= 15 is 0 Å². The number of benzene rings is 2. The molecular formula is C18H17N3O3. The number of carbonyl (C=O) groups is 1. The standard InChI is InChI=1S/C18H17N3O3/c1-20(10-9-13-5-4-7-15(11-13)21(23)24)18(22)17-12-14-6-2-3-8-16(14)19-17/h2-8,11-12,19H,9-10H2,1H3. The normalized spacial score (nSPS) is 10.7. The molecule has 24 heavy (non-hydrogen) atoms. The van der Waals surface area contributed by atoms with Crippen LogP contribution in [0.2, 0.25) is 0 Å². The van der Waals surface area contributed by atoms with Crippen LogP contribution in [0, 0.1) is 10.1 Å². The molecule has 122 valence electrons. The molecule has 1 aromatic heterocycles. The summed E-state index contributed by atoms with van der Waals surface area (Å²) in [6.45, 7) is 0.482. The minimum Gasteiger partial charge on any atom is -0.351 e. The first-order valence-corrected chi connectivity index (χ1v) is 7.61. The molecule has 0 atom stereocenters. The Kier molecular flexibility index (Phi) is 4.29. The summed E-state index contributed by atoms with van der Waals surface area (Å²) in [7, 11) is 1.73. The van der Waals surface area contributed by atoms with Gasteiger partial charge in [-0.15, -0.1) is 0 Å². The molecule has 0 spiro atoms. The Hall–Kier alpha value is -3.15. The number of likely N-dealkylation sites (N-methyl/N-ethyl adjacent to an activating group) is 1. The third-order valence-electron chi connectivity index (χ3n) is 3.96. The van der Waals surface area contributed by atoms with Crippen LogP contribution in [0.3, 0.4) is 0 Å². The van der Waals surface area contributed by atoms with Crippen molar-refractivity contribution in [3.63, 3.8) is 0 Å². The minimum absolute atomic E-state index is 0.0668. The first-order valence-electron chi connectivity index (χ1n) is 7.61. The van der Waals surface area contributed by atoms with Crippen LogP contribution in [0.4, 0.5) is 5.69 Å². The molecule has 6 heteroatoms. The molecule has 1 amide bonds. The summed E-state index contributed by atoms with van der Waals surface area (Å²) in [5, 5.41) is 11.8. The third kappa shape index (κ3) is 3.27. The van der Waals surface area contributed by atoms with E-state index in [9.17, 15) is 14.9 Å². The molecule has 0 bridgehead atoms. The fourth-order valence-electron chi connectivity index (χ4n) is 2.62. The highest BCUT2D eigenvalue weighted by atomic mass is 16.6. The maximum atomic E-state index is 12.5. The highest BCUT2D eigenvalue weighted by molar-refractivity contribution is 5.97. The van der Waals surface area contributed by atoms with Crippen LogP contribution in [0.1, 0.15) is 16.1 Å². The number of aromatic nitrogens is 1. The van der Waals surface area contributed by atoms with Gasteiger partial charge in [0, 0.05) is 36.6 Å². The van der Waals surface area contributed by atoms with Gasteiger partial charge in [0.2, 0.25) is 0 Å². The molecule has 0 aliphatic heterocycles. The maximum absolute atomic E-state index is 12.5. The molecule has 1 heterocycles. The van der Waals surface area contributed by atoms with E-state index in [4.69, 9.17) is 0 Å². The molecule has 0 radical (unpaired) electrons. The first kappa shape index (κ1) is 15.7. The lowest BCUT2D eigenvalue weighted by molar-refractivity contribution is -0.384. The Morgan fingerprint density at radius 2 is 1.96 bits per heavy atom. The molecular weight excluding hydrogens is 306 g/mol. The van der Waals surface area contributed by atoms with Crippen molar-refractivity contribution < 1.29 is 9.72 Å². The van der Waals surface area contributed by atoms with Crippen molar-refractivity contribution in [1.29, 1.82) is 0 Å². The molecule has 0 fully saturated rings. The number of rotatable bonds is 5. The average molecular weight is 323 g/mol. The number of para-hydroxylation sites is 1. The Bertz CT molecular complexity index is 868. The highest BCUT2D eigenvalue weighted by Gasteiger charge is 2.14. The van der Waals surface area contributed by atoms with Gasteiger partial charge in [0.05, 0.1) is 4.92 Å². The summed E-state index contributed by atoms with van der Waals surface area (Å²) in [5.41, 5.74) is 2.36. The topological polar surface area (TPSA) is 79.2 Å². The summed E-state index contributed by atoms with van der Waals surface area (Å²) >= 11 is 0. The fourth-order valence-corrected chi connectivity index (χ4v) is 2.62. The zero-order valence-corrected chi connectivity index (χ0v) is 13.2. The predicted molar refractivity (Wildman–Crippen MR) is 92.1 cm³/mol. The van der Waals surface area contributed by atoms with Crippen LogP contribution in [0.5, 0.6) is 0 Å². The van der Waals surface area contributed by atoms with Gasteiger partial charge in [-0.25, -0.2) is 0 Å². The first-order chi connectivity index (χ1) is 11.5. The highest BCUT2D eigenvalue weighted by Crippen LogP contribution is 2.17. The molecule has 0 saturated carbocycles. The number of carbonyl (C=O) groups excluding carboxylic acids is 1. The number of fused-ring (bicyclic) bond motifs is 1. The second kappa shape index (κ2) is 6.54. The van der Waals surface area contributed by atoms with Crippen molar-refractivity contribution in [3.05, 3.63) is 76.0 Å². The number of hydrogen-bond acceptors (Lipinski definition) is 3. The average Bonchev–Trinajstić information content (AvgIpc) is 3.03. The maximum Gasteiger partial charge on any atom is 0.270 e. The molecule has 6 nitrogen and oxygen atoms in total. The predicted octanol–water partition coefficient (Wildman–Crippen LogP) is 3.39. The Morgan fingerprint density at radius 3 is 2.71 bits per heavy atom. The molecule has 0 aliphatic rings. The monoisotopic (exact) mass is 323 g/mol. The summed E-state index contributed by atoms with van der Waals surface area (Å²) in [4.78, 5) is 27.6. The molecule has 0 unspecified atom stereocenters. The van der Waals surface area contributed by atoms with Crippen molar-refractivity contribution >= 4 is 22.5 Å². The Morgan fingerprint density at radius 1 is 1.17 bits per heavy atom. The SMILES string of the molecule is CN(CCc1cccc([N+](=O)[O-])c1)C(=O)c1cc2ccccc2[nH]1. The number of non-ortho nitro benzene ring substituents is 1. The number of amides is 1. The van der Waals surface area contributed by atoms with E-state index in [-0.39, 0.29) is 11.6 Å². The number of nitro groups is 1. The summed E-state index contributed by atoms with van der Waals surface area (Å²) in [6.07, 6.45) is 0.560. The number of nitro benzene ring substituents is 1. The van der Waals surface area contributed by atoms with Crippen molar-refractivity contribution in [1.82, 2.24) is 9.88 Å². The number of H-pyrrole nitrogens is 1. The van der Waals surface area contributed by atoms with Gasteiger partial charge >= 0.3 is 0 Å². The summed E-state index contributed by atoms with van der Waals surface area (Å²) in [6, 6.07) is 16.0. The van der Waals surface area contributed by atoms with E-state index in [0.29, 0.717) is 18.7 Å². The zero-order valence-electron chi connectivity index (χ0n) is 13.2. The van der Waals surface area contributed by atoms with E-state index < -0.39 is 4.92 Å². The van der Waals surface area contributed by atoms with Crippen molar-refractivity contribution in [2.45, 2.75) is 6.42 Å². The number of aromatic amines is 1. The van der Waals surface area contributed by atoms with Gasteiger partial charge in [0.25, 0.3) is 11.6 Å².